The minimum atomic E-state index is -4.14. The number of methoxy groups -OCH3 is 1. The van der Waals surface area contributed by atoms with Crippen molar-refractivity contribution in [2.75, 3.05) is 7.11 Å². The number of carbonyl (C=O) groups is 1. The number of aliphatic hydroxyl groups is 1. The molecule has 0 radical (unpaired) electrons. The Morgan fingerprint density at radius 2 is 1.76 bits per heavy atom. The second-order valence-electron chi connectivity index (χ2n) is 7.52. The lowest BCUT2D eigenvalue weighted by Gasteiger charge is -2.19. The molecule has 0 aliphatic heterocycles. The molecule has 0 saturated carbocycles. The van der Waals surface area contributed by atoms with E-state index in [0.29, 0.717) is 15.4 Å². The van der Waals surface area contributed by atoms with Crippen LogP contribution >= 0.6 is 39.1 Å². The lowest BCUT2D eigenvalue weighted by Crippen LogP contribution is -2.19. The van der Waals surface area contributed by atoms with Crippen molar-refractivity contribution in [3.8, 4) is 0 Å². The van der Waals surface area contributed by atoms with Crippen molar-refractivity contribution < 1.29 is 23.1 Å². The number of hydrogen-bond donors (Lipinski definition) is 1. The molecular formula is C24H18BrCl2NO5S. The number of hydrogen-bond acceptors (Lipinski definition) is 5. The van der Waals surface area contributed by atoms with E-state index >= 15 is 0 Å². The molecule has 1 heterocycles. The molecule has 4 aromatic rings. The van der Waals surface area contributed by atoms with Crippen LogP contribution in [0.15, 0.2) is 70.0 Å². The monoisotopic (exact) mass is 581 g/mol. The maximum atomic E-state index is 13.8. The molecule has 1 aromatic heterocycles. The van der Waals surface area contributed by atoms with Gasteiger partial charge in [0.1, 0.15) is 6.10 Å². The second kappa shape index (κ2) is 9.36. The first-order chi connectivity index (χ1) is 16.1. The van der Waals surface area contributed by atoms with E-state index in [-0.39, 0.29) is 31.8 Å². The van der Waals surface area contributed by atoms with Crippen molar-refractivity contribution in [1.82, 2.24) is 3.97 Å². The van der Waals surface area contributed by atoms with E-state index < -0.39 is 22.1 Å². The molecule has 0 amide bonds. The number of ether oxygens (including phenoxy) is 1. The lowest BCUT2D eigenvalue weighted by atomic mass is 10.0. The molecule has 0 spiro atoms. The first-order valence-corrected chi connectivity index (χ1v) is 12.9. The van der Waals surface area contributed by atoms with Gasteiger partial charge < -0.3 is 9.84 Å². The molecule has 0 aliphatic rings. The summed E-state index contributed by atoms with van der Waals surface area (Å²) in [5, 5.41) is 12.0. The summed E-state index contributed by atoms with van der Waals surface area (Å²) >= 11 is 16.3. The van der Waals surface area contributed by atoms with Crippen LogP contribution in [0.25, 0.3) is 10.9 Å². The maximum absolute atomic E-state index is 13.8. The largest absolute Gasteiger partial charge is 0.465 e. The maximum Gasteiger partial charge on any atom is 0.339 e. The first-order valence-electron chi connectivity index (χ1n) is 9.94. The highest BCUT2D eigenvalue weighted by atomic mass is 79.9. The van der Waals surface area contributed by atoms with Crippen molar-refractivity contribution in [2.24, 2.45) is 0 Å². The van der Waals surface area contributed by atoms with Gasteiger partial charge in [0.05, 0.1) is 33.8 Å². The van der Waals surface area contributed by atoms with Crippen LogP contribution in [0.4, 0.5) is 0 Å². The van der Waals surface area contributed by atoms with Gasteiger partial charge >= 0.3 is 5.97 Å². The number of aliphatic hydroxyl groups excluding tert-OH is 1. The SMILES string of the molecule is COC(=O)c1ccc(Cl)c(C(O)c2cc3c(C)cc(Br)cc3n2S(=O)(=O)c2ccccc2)c1Cl. The summed E-state index contributed by atoms with van der Waals surface area (Å²) in [5.74, 6) is -0.715. The number of aromatic nitrogens is 1. The van der Waals surface area contributed by atoms with E-state index in [9.17, 15) is 18.3 Å². The molecule has 3 aromatic carbocycles. The molecular weight excluding hydrogens is 565 g/mol. The molecule has 1 unspecified atom stereocenters. The highest BCUT2D eigenvalue weighted by Gasteiger charge is 2.31. The molecule has 10 heteroatoms. The van der Waals surface area contributed by atoms with Gasteiger partial charge in [0.15, 0.2) is 0 Å². The zero-order chi connectivity index (χ0) is 24.8. The van der Waals surface area contributed by atoms with Gasteiger partial charge in [-0.3, -0.25) is 0 Å². The van der Waals surface area contributed by atoms with Crippen LogP contribution in [0.1, 0.15) is 33.3 Å². The van der Waals surface area contributed by atoms with Gasteiger partial charge in [0.25, 0.3) is 10.0 Å². The van der Waals surface area contributed by atoms with Crippen LogP contribution in [0.2, 0.25) is 10.0 Å². The smallest absolute Gasteiger partial charge is 0.339 e. The summed E-state index contributed by atoms with van der Waals surface area (Å²) in [6.45, 7) is 1.83. The summed E-state index contributed by atoms with van der Waals surface area (Å²) in [6, 6.07) is 15.7. The molecule has 0 bridgehead atoms. The standard InChI is InChI=1S/C24H18BrCl2NO5S/c1-13-10-14(25)11-19-17(13)12-20(28(19)34(31,32)15-6-4-3-5-7-15)23(29)21-18(26)9-8-16(22(21)27)24(30)33-2/h3-12,23,29H,1-2H3. The van der Waals surface area contributed by atoms with Crippen LogP contribution < -0.4 is 0 Å². The van der Waals surface area contributed by atoms with Gasteiger partial charge in [0.2, 0.25) is 0 Å². The number of halogens is 3. The molecule has 34 heavy (non-hydrogen) atoms. The number of nitrogens with zero attached hydrogens (tertiary/aromatic N) is 1. The van der Waals surface area contributed by atoms with Gasteiger partial charge in [-0.1, -0.05) is 57.3 Å². The van der Waals surface area contributed by atoms with E-state index in [1.807, 2.05) is 13.0 Å². The van der Waals surface area contributed by atoms with Crippen LogP contribution in [-0.2, 0) is 14.8 Å². The molecule has 0 saturated heterocycles. The first kappa shape index (κ1) is 24.8. The number of fused-ring (bicyclic) bond motifs is 1. The van der Waals surface area contributed by atoms with Gasteiger partial charge in [-0.25, -0.2) is 17.2 Å². The van der Waals surface area contributed by atoms with Gasteiger partial charge in [-0.05, 0) is 55.0 Å². The molecule has 1 N–H and O–H groups in total. The molecule has 0 fully saturated rings. The predicted octanol–water partition coefficient (Wildman–Crippen LogP) is 6.12. The Kier molecular flexibility index (Phi) is 6.81. The number of rotatable bonds is 5. The third-order valence-electron chi connectivity index (χ3n) is 5.44. The van der Waals surface area contributed by atoms with Crippen molar-refractivity contribution >= 4 is 66.0 Å². The Morgan fingerprint density at radius 3 is 2.41 bits per heavy atom. The third-order valence-corrected chi connectivity index (χ3v) is 8.39. The van der Waals surface area contributed by atoms with Gasteiger partial charge in [-0.2, -0.15) is 0 Å². The number of aryl methyl sites for hydroxylation is 1. The van der Waals surface area contributed by atoms with E-state index in [4.69, 9.17) is 27.9 Å². The molecule has 1 atom stereocenters. The highest BCUT2D eigenvalue weighted by Crippen LogP contribution is 2.40. The summed E-state index contributed by atoms with van der Waals surface area (Å²) in [6.07, 6.45) is -1.58. The second-order valence-corrected chi connectivity index (χ2v) is 11.0. The van der Waals surface area contributed by atoms with Crippen LogP contribution in [0.3, 0.4) is 0 Å². The zero-order valence-corrected chi connectivity index (χ0v) is 21.8. The van der Waals surface area contributed by atoms with Crippen LogP contribution in [-0.4, -0.2) is 30.6 Å². The van der Waals surface area contributed by atoms with Gasteiger partial charge in [-0.15, -0.1) is 0 Å². The Bertz CT molecular complexity index is 1530. The van der Waals surface area contributed by atoms with E-state index in [1.165, 1.54) is 31.4 Å². The fourth-order valence-corrected chi connectivity index (χ4v) is 6.60. The predicted molar refractivity (Wildman–Crippen MR) is 135 cm³/mol. The topological polar surface area (TPSA) is 85.6 Å². The molecule has 6 nitrogen and oxygen atoms in total. The quantitative estimate of drug-likeness (QED) is 0.286. The number of esters is 1. The van der Waals surface area contributed by atoms with E-state index in [1.54, 1.807) is 30.3 Å². The summed E-state index contributed by atoms with van der Waals surface area (Å²) < 4.78 is 34.1. The Morgan fingerprint density at radius 1 is 1.09 bits per heavy atom. The van der Waals surface area contributed by atoms with Crippen molar-refractivity contribution in [1.29, 1.82) is 0 Å². The minimum Gasteiger partial charge on any atom is -0.465 e. The normalized spacial score (nSPS) is 12.6. The third kappa shape index (κ3) is 4.14. The fraction of sp³-hybridized carbons (Fsp3) is 0.125. The Balaban J connectivity index is 2.06. The molecule has 4 rings (SSSR count). The lowest BCUT2D eigenvalue weighted by molar-refractivity contribution is 0.0600. The molecule has 176 valence electrons. The van der Waals surface area contributed by atoms with E-state index in [2.05, 4.69) is 15.9 Å². The van der Waals surface area contributed by atoms with Gasteiger partial charge in [0, 0.05) is 20.4 Å². The number of benzene rings is 3. The van der Waals surface area contributed by atoms with Crippen LogP contribution in [0, 0.1) is 6.92 Å². The van der Waals surface area contributed by atoms with E-state index in [0.717, 1.165) is 9.54 Å². The fourth-order valence-electron chi connectivity index (χ4n) is 3.83. The summed E-state index contributed by atoms with van der Waals surface area (Å²) in [7, 11) is -2.94. The summed E-state index contributed by atoms with van der Waals surface area (Å²) in [5.41, 5.74) is 1.16. The zero-order valence-electron chi connectivity index (χ0n) is 17.9. The van der Waals surface area contributed by atoms with Crippen molar-refractivity contribution in [3.05, 3.63) is 97.6 Å². The summed E-state index contributed by atoms with van der Waals surface area (Å²) in [4.78, 5) is 12.2. The van der Waals surface area contributed by atoms with Crippen LogP contribution in [0.5, 0.6) is 0 Å². The van der Waals surface area contributed by atoms with Crippen molar-refractivity contribution in [2.45, 2.75) is 17.9 Å². The Labute approximate surface area is 214 Å². The average molecular weight is 583 g/mol. The Hall–Kier alpha value is -2.36. The number of carbonyl (C=O) groups excluding carboxylic acids is 1. The molecule has 0 aliphatic carbocycles. The highest BCUT2D eigenvalue weighted by molar-refractivity contribution is 9.10. The van der Waals surface area contributed by atoms with Crippen molar-refractivity contribution in [3.63, 3.8) is 0 Å². The average Bonchev–Trinajstić information content (AvgIpc) is 3.20. The minimum absolute atomic E-state index is 0.00438.